The number of carbonyl (C=O) groups is 3. The highest BCUT2D eigenvalue weighted by Crippen LogP contribution is 2.26. The van der Waals surface area contributed by atoms with Crippen molar-refractivity contribution in [2.24, 2.45) is 0 Å². The minimum absolute atomic E-state index is 0.0615. The van der Waals surface area contributed by atoms with Gasteiger partial charge in [-0.3, -0.25) is 9.59 Å². The quantitative estimate of drug-likeness (QED) is 0.530. The molecule has 3 unspecified atom stereocenters. The fourth-order valence-electron chi connectivity index (χ4n) is 3.37. The average molecular weight is 450 g/mol. The number of nitrogens with one attached hydrogen (secondary N) is 2. The first-order valence-electron chi connectivity index (χ1n) is 11.2. The van der Waals surface area contributed by atoms with Crippen molar-refractivity contribution < 1.29 is 24.2 Å². The van der Waals surface area contributed by atoms with Gasteiger partial charge in [0.2, 0.25) is 11.8 Å². The van der Waals surface area contributed by atoms with Crippen LogP contribution in [0.25, 0.3) is 0 Å². The van der Waals surface area contributed by atoms with Crippen molar-refractivity contribution in [2.45, 2.75) is 98.0 Å². The Labute approximate surface area is 191 Å². The Morgan fingerprint density at radius 2 is 1.59 bits per heavy atom. The Morgan fingerprint density at radius 3 is 2.06 bits per heavy atom. The third kappa shape index (κ3) is 8.40. The lowest BCUT2D eigenvalue weighted by atomic mass is 10.0. The van der Waals surface area contributed by atoms with E-state index in [0.29, 0.717) is 5.56 Å². The highest BCUT2D eigenvalue weighted by atomic mass is 16.6. The Kier molecular flexibility index (Phi) is 10.0. The van der Waals surface area contributed by atoms with Crippen LogP contribution >= 0.6 is 0 Å². The van der Waals surface area contributed by atoms with E-state index in [0.717, 1.165) is 12.8 Å². The zero-order valence-corrected chi connectivity index (χ0v) is 20.6. The summed E-state index contributed by atoms with van der Waals surface area (Å²) in [4.78, 5) is 40.4. The van der Waals surface area contributed by atoms with Crippen LogP contribution in [-0.4, -0.2) is 51.6 Å². The zero-order valence-electron chi connectivity index (χ0n) is 20.6. The molecule has 0 saturated carbocycles. The molecule has 3 N–H and O–H groups in total. The van der Waals surface area contributed by atoms with Crippen molar-refractivity contribution in [1.82, 2.24) is 15.5 Å². The molecule has 0 heterocycles. The molecule has 1 rings (SSSR count). The highest BCUT2D eigenvalue weighted by molar-refractivity contribution is 5.92. The summed E-state index contributed by atoms with van der Waals surface area (Å²) >= 11 is 0. The molecule has 3 amide bonds. The second-order valence-electron chi connectivity index (χ2n) is 9.40. The molecule has 0 aliphatic carbocycles. The maximum atomic E-state index is 13.4. The largest absolute Gasteiger partial charge is 0.508 e. The van der Waals surface area contributed by atoms with E-state index in [4.69, 9.17) is 4.74 Å². The Bertz CT molecular complexity index is 771. The Balaban J connectivity index is 3.25. The number of rotatable bonds is 9. The number of amides is 3. The van der Waals surface area contributed by atoms with E-state index < -0.39 is 29.7 Å². The van der Waals surface area contributed by atoms with Crippen molar-refractivity contribution >= 4 is 17.9 Å². The van der Waals surface area contributed by atoms with Crippen LogP contribution in [0.15, 0.2) is 24.3 Å². The average Bonchev–Trinajstić information content (AvgIpc) is 2.64. The number of hydrogen-bond donors (Lipinski definition) is 3. The molecule has 0 aromatic heterocycles. The lowest BCUT2D eigenvalue weighted by Crippen LogP contribution is -2.54. The molecule has 1 aromatic rings. The van der Waals surface area contributed by atoms with Gasteiger partial charge in [-0.25, -0.2) is 4.79 Å². The first kappa shape index (κ1) is 27.3. The number of phenolic OH excluding ortho intramolecular Hbond substituents is 1. The molecular weight excluding hydrogens is 410 g/mol. The molecule has 0 bridgehead atoms. The number of hydrogen-bond acceptors (Lipinski definition) is 5. The third-order valence-electron chi connectivity index (χ3n) is 4.76. The van der Waals surface area contributed by atoms with Crippen LogP contribution in [0.2, 0.25) is 0 Å². The standard InChI is InChI=1S/C24H39N3O5/c1-9-10-16(4)25-21(29)20(18-11-13-19(28)14-12-18)27(15(2)3)22(30)17(5)26-23(31)32-24(6,7)8/h11-17,20,28H,9-10H2,1-8H3,(H,25,29)(H,26,31). The van der Waals surface area contributed by atoms with Gasteiger partial charge in [0.15, 0.2) is 0 Å². The molecule has 8 heteroatoms. The van der Waals surface area contributed by atoms with Crippen molar-refractivity contribution in [1.29, 1.82) is 0 Å². The molecule has 32 heavy (non-hydrogen) atoms. The molecule has 0 fully saturated rings. The van der Waals surface area contributed by atoms with Gasteiger partial charge in [-0.05, 0) is 72.6 Å². The van der Waals surface area contributed by atoms with E-state index in [1.807, 2.05) is 27.7 Å². The van der Waals surface area contributed by atoms with E-state index in [1.54, 1.807) is 39.8 Å². The number of benzene rings is 1. The molecule has 0 saturated heterocycles. The second kappa shape index (κ2) is 11.7. The molecule has 3 atom stereocenters. The number of ether oxygens (including phenoxy) is 1. The predicted octanol–water partition coefficient (Wildman–Crippen LogP) is 3.89. The fourth-order valence-corrected chi connectivity index (χ4v) is 3.37. The molecular formula is C24H39N3O5. The van der Waals surface area contributed by atoms with Gasteiger partial charge in [0.25, 0.3) is 0 Å². The smallest absolute Gasteiger partial charge is 0.408 e. The SMILES string of the molecule is CCCC(C)NC(=O)C(c1ccc(O)cc1)N(C(=O)C(C)NC(=O)OC(C)(C)C)C(C)C. The lowest BCUT2D eigenvalue weighted by Gasteiger charge is -2.37. The second-order valence-corrected chi connectivity index (χ2v) is 9.40. The monoisotopic (exact) mass is 449 g/mol. The van der Waals surface area contributed by atoms with Crippen LogP contribution in [0.5, 0.6) is 5.75 Å². The topological polar surface area (TPSA) is 108 Å². The van der Waals surface area contributed by atoms with E-state index in [2.05, 4.69) is 10.6 Å². The number of aromatic hydroxyl groups is 1. The summed E-state index contributed by atoms with van der Waals surface area (Å²) < 4.78 is 5.26. The van der Waals surface area contributed by atoms with Crippen molar-refractivity contribution in [3.8, 4) is 5.75 Å². The third-order valence-corrected chi connectivity index (χ3v) is 4.76. The molecule has 0 spiro atoms. The van der Waals surface area contributed by atoms with Gasteiger partial charge < -0.3 is 25.4 Å². The molecule has 0 aliphatic rings. The van der Waals surface area contributed by atoms with Crippen LogP contribution in [0, 0.1) is 0 Å². The van der Waals surface area contributed by atoms with E-state index >= 15 is 0 Å². The van der Waals surface area contributed by atoms with E-state index in [-0.39, 0.29) is 23.7 Å². The van der Waals surface area contributed by atoms with E-state index in [1.165, 1.54) is 17.0 Å². The van der Waals surface area contributed by atoms with E-state index in [9.17, 15) is 19.5 Å². The first-order chi connectivity index (χ1) is 14.8. The van der Waals surface area contributed by atoms with Crippen molar-refractivity contribution in [2.75, 3.05) is 0 Å². The maximum Gasteiger partial charge on any atom is 0.408 e. The predicted molar refractivity (Wildman–Crippen MR) is 124 cm³/mol. The van der Waals surface area contributed by atoms with Crippen LogP contribution in [0.4, 0.5) is 4.79 Å². The summed E-state index contributed by atoms with van der Waals surface area (Å²) in [5.41, 5.74) is -0.135. The van der Waals surface area contributed by atoms with Crippen molar-refractivity contribution in [3.05, 3.63) is 29.8 Å². The summed E-state index contributed by atoms with van der Waals surface area (Å²) in [6, 6.07) is 3.98. The van der Waals surface area contributed by atoms with Gasteiger partial charge in [0.1, 0.15) is 23.4 Å². The fraction of sp³-hybridized carbons (Fsp3) is 0.625. The number of alkyl carbamates (subject to hydrolysis) is 1. The maximum absolute atomic E-state index is 13.4. The summed E-state index contributed by atoms with van der Waals surface area (Å²) in [6.45, 7) is 14.4. The van der Waals surface area contributed by atoms with Gasteiger partial charge >= 0.3 is 6.09 Å². The first-order valence-corrected chi connectivity index (χ1v) is 11.2. The highest BCUT2D eigenvalue weighted by Gasteiger charge is 2.36. The number of nitrogens with zero attached hydrogens (tertiary/aromatic N) is 1. The molecule has 0 aliphatic heterocycles. The minimum Gasteiger partial charge on any atom is -0.508 e. The molecule has 180 valence electrons. The van der Waals surface area contributed by atoms with Crippen LogP contribution < -0.4 is 10.6 Å². The molecule has 8 nitrogen and oxygen atoms in total. The van der Waals surface area contributed by atoms with Crippen molar-refractivity contribution in [3.63, 3.8) is 0 Å². The molecule has 1 aromatic carbocycles. The summed E-state index contributed by atoms with van der Waals surface area (Å²) in [6.07, 6.45) is 1.01. The van der Waals surface area contributed by atoms with Gasteiger partial charge in [-0.2, -0.15) is 0 Å². The van der Waals surface area contributed by atoms with Crippen LogP contribution in [0.3, 0.4) is 0 Å². The van der Waals surface area contributed by atoms with Gasteiger partial charge in [0.05, 0.1) is 0 Å². The Hall–Kier alpha value is -2.77. The Morgan fingerprint density at radius 1 is 1.03 bits per heavy atom. The summed E-state index contributed by atoms with van der Waals surface area (Å²) in [5, 5.41) is 15.2. The van der Waals surface area contributed by atoms with Gasteiger partial charge in [-0.15, -0.1) is 0 Å². The van der Waals surface area contributed by atoms with Crippen LogP contribution in [-0.2, 0) is 14.3 Å². The number of carbonyl (C=O) groups excluding carboxylic acids is 3. The lowest BCUT2D eigenvalue weighted by molar-refractivity contribution is -0.144. The number of phenols is 1. The normalized spacial score (nSPS) is 14.3. The minimum atomic E-state index is -0.926. The van der Waals surface area contributed by atoms with Crippen LogP contribution in [0.1, 0.15) is 79.8 Å². The zero-order chi connectivity index (χ0) is 24.6. The molecule has 0 radical (unpaired) electrons. The van der Waals surface area contributed by atoms with Gasteiger partial charge in [0, 0.05) is 12.1 Å². The van der Waals surface area contributed by atoms with Gasteiger partial charge in [-0.1, -0.05) is 25.5 Å². The summed E-state index contributed by atoms with van der Waals surface area (Å²) in [7, 11) is 0. The summed E-state index contributed by atoms with van der Waals surface area (Å²) in [5.74, 6) is -0.667.